The topological polar surface area (TPSA) is 95.3 Å². The normalized spacial score (nSPS) is 16.7. The van der Waals surface area contributed by atoms with Crippen molar-refractivity contribution in [2.75, 3.05) is 19.0 Å². The summed E-state index contributed by atoms with van der Waals surface area (Å²) in [4.78, 5) is 9.54. The van der Waals surface area contributed by atoms with Crippen molar-refractivity contribution in [2.24, 2.45) is 12.8 Å². The van der Waals surface area contributed by atoms with E-state index in [4.69, 9.17) is 20.6 Å². The molecule has 1 fully saturated rings. The van der Waals surface area contributed by atoms with Gasteiger partial charge in [0.15, 0.2) is 11.6 Å². The predicted molar refractivity (Wildman–Crippen MR) is 154 cm³/mol. The number of rotatable bonds is 8. The van der Waals surface area contributed by atoms with E-state index in [-0.39, 0.29) is 24.6 Å². The van der Waals surface area contributed by atoms with Crippen LogP contribution in [-0.2, 0) is 18.2 Å². The van der Waals surface area contributed by atoms with E-state index >= 15 is 0 Å². The lowest BCUT2D eigenvalue weighted by Crippen LogP contribution is -2.40. The molecule has 0 bridgehead atoms. The fourth-order valence-electron chi connectivity index (χ4n) is 5.06. The van der Waals surface area contributed by atoms with Crippen molar-refractivity contribution in [1.29, 1.82) is 0 Å². The first-order chi connectivity index (χ1) is 18.1. The van der Waals surface area contributed by atoms with E-state index in [1.54, 1.807) is 13.3 Å². The van der Waals surface area contributed by atoms with E-state index in [1.807, 2.05) is 28.4 Å². The van der Waals surface area contributed by atoms with Crippen LogP contribution in [0.1, 0.15) is 18.4 Å². The van der Waals surface area contributed by atoms with Crippen molar-refractivity contribution in [3.63, 3.8) is 0 Å². The number of anilines is 1. The molecule has 0 saturated heterocycles. The van der Waals surface area contributed by atoms with Gasteiger partial charge in [-0.15, -0.1) is 17.5 Å². The number of ether oxygens (including phenoxy) is 1. The summed E-state index contributed by atoms with van der Waals surface area (Å²) in [6.07, 6.45) is 8.82. The minimum atomic E-state index is 0. The highest BCUT2D eigenvalue weighted by Gasteiger charge is 2.31. The Bertz CT molecular complexity index is 1520. The van der Waals surface area contributed by atoms with Gasteiger partial charge >= 0.3 is 0 Å². The molecule has 6 rings (SSSR count). The first-order valence-electron chi connectivity index (χ1n) is 12.7. The molecule has 3 aromatic heterocycles. The molecule has 1 aliphatic carbocycles. The number of halogens is 1. The van der Waals surface area contributed by atoms with Crippen LogP contribution < -0.4 is 11.1 Å². The van der Waals surface area contributed by atoms with Crippen LogP contribution in [-0.4, -0.2) is 49.9 Å². The zero-order chi connectivity index (χ0) is 25.4. The van der Waals surface area contributed by atoms with E-state index in [1.165, 1.54) is 5.56 Å². The van der Waals surface area contributed by atoms with Gasteiger partial charge in [0.25, 0.3) is 0 Å². The van der Waals surface area contributed by atoms with Gasteiger partial charge in [0, 0.05) is 49.9 Å². The molecule has 0 unspecified atom stereocenters. The average Bonchev–Trinajstić information content (AvgIpc) is 3.50. The number of hydrogen-bond acceptors (Lipinski definition) is 6. The minimum absolute atomic E-state index is 0. The molecule has 5 aromatic rings. The van der Waals surface area contributed by atoms with Crippen LogP contribution in [0.4, 0.5) is 5.82 Å². The Kier molecular flexibility index (Phi) is 7.46. The number of hydrogen-bond donors (Lipinski definition) is 2. The molecule has 9 heteroatoms. The zero-order valence-corrected chi connectivity index (χ0v) is 22.4. The van der Waals surface area contributed by atoms with Crippen molar-refractivity contribution in [3.05, 3.63) is 78.8 Å². The molecular formula is C29H32ClN7O. The van der Waals surface area contributed by atoms with Crippen molar-refractivity contribution >= 4 is 23.7 Å². The Labute approximate surface area is 228 Å². The Hall–Kier alpha value is -3.72. The maximum atomic E-state index is 5.78. The second-order valence-corrected chi connectivity index (χ2v) is 9.63. The smallest absolute Gasteiger partial charge is 0.218 e. The number of nitrogens with zero attached hydrogens (tertiary/aromatic N) is 5. The molecule has 1 saturated carbocycles. The molecule has 0 radical (unpaired) electrons. The first kappa shape index (κ1) is 25.9. The second-order valence-electron chi connectivity index (χ2n) is 9.63. The summed E-state index contributed by atoms with van der Waals surface area (Å²) in [5, 5.41) is 8.65. The number of aryl methyl sites for hydroxylation is 1. The molecular weight excluding hydrogens is 498 g/mol. The first-order valence-corrected chi connectivity index (χ1v) is 12.7. The van der Waals surface area contributed by atoms with Gasteiger partial charge in [-0.3, -0.25) is 0 Å². The maximum absolute atomic E-state index is 5.78. The maximum Gasteiger partial charge on any atom is 0.218 e. The van der Waals surface area contributed by atoms with Crippen molar-refractivity contribution in [3.8, 4) is 33.9 Å². The van der Waals surface area contributed by atoms with Gasteiger partial charge in [-0.25, -0.2) is 14.5 Å². The highest BCUT2D eigenvalue weighted by Crippen LogP contribution is 2.40. The summed E-state index contributed by atoms with van der Waals surface area (Å²) >= 11 is 0. The number of benzene rings is 2. The van der Waals surface area contributed by atoms with E-state index in [2.05, 4.69) is 65.0 Å². The number of nitrogens with one attached hydrogen (secondary N) is 1. The van der Waals surface area contributed by atoms with E-state index < -0.39 is 0 Å². The summed E-state index contributed by atoms with van der Waals surface area (Å²) in [6, 6.07) is 19.4. The van der Waals surface area contributed by atoms with Crippen LogP contribution in [0, 0.1) is 0 Å². The fraction of sp³-hybridized carbons (Fsp3) is 0.276. The Morgan fingerprint density at radius 2 is 1.82 bits per heavy atom. The van der Waals surface area contributed by atoms with E-state index in [0.29, 0.717) is 12.4 Å². The molecule has 0 atom stereocenters. The number of fused-ring (bicyclic) bond motifs is 1. The lowest BCUT2D eigenvalue weighted by Gasteiger charge is -2.35. The van der Waals surface area contributed by atoms with Crippen LogP contribution in [0.25, 0.3) is 39.4 Å². The van der Waals surface area contributed by atoms with Gasteiger partial charge in [0.1, 0.15) is 5.52 Å². The van der Waals surface area contributed by atoms with Gasteiger partial charge in [-0.05, 0) is 42.5 Å². The lowest BCUT2D eigenvalue weighted by molar-refractivity contribution is 0.0328. The van der Waals surface area contributed by atoms with Gasteiger partial charge < -0.3 is 20.4 Å². The van der Waals surface area contributed by atoms with Gasteiger partial charge in [0.05, 0.1) is 6.10 Å². The SMILES string of the molecule is COC1CC(Nc2nc(-c3nccn3C)nn3cc(-c4ccc(CCN)cc4)c(-c4ccccc4)c23)C1.Cl. The zero-order valence-electron chi connectivity index (χ0n) is 21.5. The van der Waals surface area contributed by atoms with Crippen LogP contribution in [0.2, 0.25) is 0 Å². The minimum Gasteiger partial charge on any atom is -0.381 e. The molecule has 196 valence electrons. The van der Waals surface area contributed by atoms with Crippen LogP contribution in [0.5, 0.6) is 0 Å². The standard InChI is InChI=1S/C29H31N7O.ClH/c1-35-15-14-31-29(35)28-33-27(32-22-16-23(17-22)37-2)26-25(21-6-4-3-5-7-21)24(18-36(26)34-28)20-10-8-19(9-11-20)12-13-30;/h3-11,14-15,18,22-23H,12-13,16-17,30H2,1-2H3,(H,32,33,34);1H. The monoisotopic (exact) mass is 529 g/mol. The molecule has 8 nitrogen and oxygen atoms in total. The average molecular weight is 530 g/mol. The fourth-order valence-corrected chi connectivity index (χ4v) is 5.06. The molecule has 1 aliphatic rings. The Balaban J connectivity index is 0.00000294. The molecule has 3 N–H and O–H groups in total. The number of imidazole rings is 1. The highest BCUT2D eigenvalue weighted by atomic mass is 35.5. The third kappa shape index (κ3) is 4.78. The van der Waals surface area contributed by atoms with Gasteiger partial charge in [-0.2, -0.15) is 0 Å². The van der Waals surface area contributed by atoms with E-state index in [9.17, 15) is 0 Å². The lowest BCUT2D eigenvalue weighted by atomic mass is 9.89. The summed E-state index contributed by atoms with van der Waals surface area (Å²) in [5.41, 5.74) is 12.4. The number of aromatic nitrogens is 5. The molecule has 0 aliphatic heterocycles. The van der Waals surface area contributed by atoms with Crippen LogP contribution >= 0.6 is 12.4 Å². The summed E-state index contributed by atoms with van der Waals surface area (Å²) in [7, 11) is 3.73. The summed E-state index contributed by atoms with van der Waals surface area (Å²) in [6.45, 7) is 0.635. The Morgan fingerprint density at radius 3 is 2.47 bits per heavy atom. The molecule has 2 aromatic carbocycles. The van der Waals surface area contributed by atoms with Crippen LogP contribution in [0.3, 0.4) is 0 Å². The molecule has 38 heavy (non-hydrogen) atoms. The number of methoxy groups -OCH3 is 1. The largest absolute Gasteiger partial charge is 0.381 e. The third-order valence-electron chi connectivity index (χ3n) is 7.18. The predicted octanol–water partition coefficient (Wildman–Crippen LogP) is 4.98. The molecule has 0 spiro atoms. The van der Waals surface area contributed by atoms with Crippen molar-refractivity contribution < 1.29 is 4.74 Å². The molecule has 0 amide bonds. The van der Waals surface area contributed by atoms with E-state index in [0.717, 1.165) is 58.7 Å². The third-order valence-corrected chi connectivity index (χ3v) is 7.18. The molecule has 3 heterocycles. The Morgan fingerprint density at radius 1 is 1.05 bits per heavy atom. The van der Waals surface area contributed by atoms with Gasteiger partial charge in [-0.1, -0.05) is 54.6 Å². The van der Waals surface area contributed by atoms with Crippen molar-refractivity contribution in [1.82, 2.24) is 24.1 Å². The number of nitrogens with two attached hydrogens (primary N) is 1. The van der Waals surface area contributed by atoms with Gasteiger partial charge in [0.2, 0.25) is 5.82 Å². The quantitative estimate of drug-likeness (QED) is 0.294. The summed E-state index contributed by atoms with van der Waals surface area (Å²) < 4.78 is 9.42. The summed E-state index contributed by atoms with van der Waals surface area (Å²) in [5.74, 6) is 2.10. The second kappa shape index (κ2) is 10.9. The highest BCUT2D eigenvalue weighted by molar-refractivity contribution is 5.99. The van der Waals surface area contributed by atoms with Crippen LogP contribution in [0.15, 0.2) is 73.2 Å². The van der Waals surface area contributed by atoms with Crippen molar-refractivity contribution in [2.45, 2.75) is 31.4 Å².